The predicted octanol–water partition coefficient (Wildman–Crippen LogP) is 3.80. The Labute approximate surface area is 172 Å². The Balaban J connectivity index is 1.43. The molecule has 0 saturated heterocycles. The fourth-order valence-electron chi connectivity index (χ4n) is 3.22. The van der Waals surface area contributed by atoms with Crippen LogP contribution in [0.25, 0.3) is 15.9 Å². The molecule has 2 N–H and O–H groups in total. The van der Waals surface area contributed by atoms with Gasteiger partial charge in [0.15, 0.2) is 11.0 Å². The maximum absolute atomic E-state index is 14.0. The van der Waals surface area contributed by atoms with Crippen LogP contribution in [0.5, 0.6) is 0 Å². The van der Waals surface area contributed by atoms with Crippen molar-refractivity contribution in [2.24, 2.45) is 0 Å². The lowest BCUT2D eigenvalue weighted by atomic mass is 10.1. The molecular formula is C18H15ClFN7OS. The largest absolute Gasteiger partial charge is 0.355 e. The average molecular weight is 432 g/mol. The minimum atomic E-state index is -0.561. The van der Waals surface area contributed by atoms with Gasteiger partial charge in [-0.2, -0.15) is 4.68 Å². The van der Waals surface area contributed by atoms with Crippen LogP contribution in [0.15, 0.2) is 29.2 Å². The van der Waals surface area contributed by atoms with Crippen molar-refractivity contribution >= 4 is 39.0 Å². The van der Waals surface area contributed by atoms with Crippen molar-refractivity contribution in [3.8, 4) is 5.00 Å². The van der Waals surface area contributed by atoms with Gasteiger partial charge >= 0.3 is 0 Å². The fourth-order valence-corrected chi connectivity index (χ4v) is 4.29. The van der Waals surface area contributed by atoms with E-state index >= 15 is 0 Å². The number of fused-ring (bicyclic) bond motifs is 1. The number of H-pyrrole nitrogens is 1. The van der Waals surface area contributed by atoms with Crippen molar-refractivity contribution in [1.29, 1.82) is 0 Å². The Kier molecular flexibility index (Phi) is 4.32. The number of anilines is 1. The number of pyridine rings is 1. The number of thiazole rings is 1. The highest BCUT2D eigenvalue weighted by molar-refractivity contribution is 7.17. The normalized spacial score (nSPS) is 15.0. The Hall–Kier alpha value is -2.85. The first-order chi connectivity index (χ1) is 14.0. The molecule has 4 aromatic rings. The van der Waals surface area contributed by atoms with Crippen LogP contribution in [0.3, 0.4) is 0 Å². The number of halogens is 2. The number of hydrogen-bond donors (Lipinski definition) is 2. The number of rotatable bonds is 5. The molecule has 0 aliphatic heterocycles. The van der Waals surface area contributed by atoms with Crippen LogP contribution in [0.1, 0.15) is 43.1 Å². The van der Waals surface area contributed by atoms with Crippen LogP contribution in [0, 0.1) is 5.82 Å². The van der Waals surface area contributed by atoms with Crippen LogP contribution in [0.4, 0.5) is 9.52 Å². The second kappa shape index (κ2) is 6.89. The zero-order valence-electron chi connectivity index (χ0n) is 15.2. The summed E-state index contributed by atoms with van der Waals surface area (Å²) < 4.78 is 15.7. The SMILES string of the molecule is C[C@H](Nc1ncc(-n2nnnc2C2CC2)s1)c1cc2cc(Cl)cc(F)c2[nH]c1=O. The van der Waals surface area contributed by atoms with Gasteiger partial charge in [0.25, 0.3) is 5.56 Å². The second-order valence-electron chi connectivity index (χ2n) is 7.00. The summed E-state index contributed by atoms with van der Waals surface area (Å²) in [5.74, 6) is 0.693. The smallest absolute Gasteiger partial charge is 0.253 e. The molecule has 1 aromatic carbocycles. The molecular weight excluding hydrogens is 417 g/mol. The maximum atomic E-state index is 14.0. The van der Waals surface area contributed by atoms with E-state index in [2.05, 4.69) is 30.8 Å². The lowest BCUT2D eigenvalue weighted by Gasteiger charge is -2.13. The quantitative estimate of drug-likeness (QED) is 0.498. The molecule has 3 heterocycles. The van der Waals surface area contributed by atoms with E-state index in [1.54, 1.807) is 23.0 Å². The number of tetrazole rings is 1. The summed E-state index contributed by atoms with van der Waals surface area (Å²) in [5, 5.41) is 17.4. The molecule has 8 nitrogen and oxygen atoms in total. The maximum Gasteiger partial charge on any atom is 0.253 e. The highest BCUT2D eigenvalue weighted by atomic mass is 35.5. The number of aromatic nitrogens is 6. The molecule has 1 atom stereocenters. The summed E-state index contributed by atoms with van der Waals surface area (Å²) in [6.07, 6.45) is 3.88. The fraction of sp³-hybridized carbons (Fsp3) is 0.278. The highest BCUT2D eigenvalue weighted by Crippen LogP contribution is 2.39. The minimum Gasteiger partial charge on any atom is -0.355 e. The Morgan fingerprint density at radius 3 is 3.00 bits per heavy atom. The topological polar surface area (TPSA) is 101 Å². The molecule has 5 rings (SSSR count). The third-order valence-electron chi connectivity index (χ3n) is 4.84. The summed E-state index contributed by atoms with van der Waals surface area (Å²) in [4.78, 5) is 19.5. The van der Waals surface area contributed by atoms with E-state index in [0.29, 0.717) is 22.0 Å². The first-order valence-corrected chi connectivity index (χ1v) is 10.2. The van der Waals surface area contributed by atoms with Gasteiger partial charge < -0.3 is 10.3 Å². The molecule has 11 heteroatoms. The van der Waals surface area contributed by atoms with Crippen molar-refractivity contribution in [3.05, 3.63) is 57.0 Å². The van der Waals surface area contributed by atoms with E-state index in [1.165, 1.54) is 17.4 Å². The van der Waals surface area contributed by atoms with Crippen LogP contribution in [-0.4, -0.2) is 30.2 Å². The van der Waals surface area contributed by atoms with Crippen LogP contribution in [0.2, 0.25) is 5.02 Å². The van der Waals surface area contributed by atoms with Crippen molar-refractivity contribution in [3.63, 3.8) is 0 Å². The van der Waals surface area contributed by atoms with E-state index in [0.717, 1.165) is 23.7 Å². The number of nitrogens with zero attached hydrogens (tertiary/aromatic N) is 5. The lowest BCUT2D eigenvalue weighted by molar-refractivity contribution is 0.636. The minimum absolute atomic E-state index is 0.137. The second-order valence-corrected chi connectivity index (χ2v) is 8.44. The number of hydrogen-bond acceptors (Lipinski definition) is 7. The molecule has 0 bridgehead atoms. The summed E-state index contributed by atoms with van der Waals surface area (Å²) >= 11 is 7.33. The van der Waals surface area contributed by atoms with Crippen molar-refractivity contribution < 1.29 is 4.39 Å². The van der Waals surface area contributed by atoms with Crippen LogP contribution in [-0.2, 0) is 0 Å². The van der Waals surface area contributed by atoms with Crippen molar-refractivity contribution in [2.45, 2.75) is 31.7 Å². The van der Waals surface area contributed by atoms with E-state index in [1.807, 2.05) is 6.92 Å². The van der Waals surface area contributed by atoms with Gasteiger partial charge in [-0.25, -0.2) is 9.37 Å². The molecule has 29 heavy (non-hydrogen) atoms. The van der Waals surface area contributed by atoms with Crippen LogP contribution < -0.4 is 10.9 Å². The van der Waals surface area contributed by atoms with Gasteiger partial charge in [-0.15, -0.1) is 5.10 Å². The molecule has 0 spiro atoms. The van der Waals surface area contributed by atoms with E-state index in [4.69, 9.17) is 11.6 Å². The van der Waals surface area contributed by atoms with Crippen molar-refractivity contribution in [2.75, 3.05) is 5.32 Å². The third kappa shape index (κ3) is 3.38. The van der Waals surface area contributed by atoms with Gasteiger partial charge in [-0.3, -0.25) is 4.79 Å². The summed E-state index contributed by atoms with van der Waals surface area (Å²) in [6.45, 7) is 1.84. The molecule has 3 aromatic heterocycles. The summed E-state index contributed by atoms with van der Waals surface area (Å²) in [5.41, 5.74) is 0.224. The molecule has 0 amide bonds. The highest BCUT2D eigenvalue weighted by Gasteiger charge is 2.30. The van der Waals surface area contributed by atoms with Gasteiger partial charge in [0, 0.05) is 21.9 Å². The van der Waals surface area contributed by atoms with Crippen LogP contribution >= 0.6 is 22.9 Å². The lowest BCUT2D eigenvalue weighted by Crippen LogP contribution is -2.19. The number of nitrogens with one attached hydrogen (secondary N) is 2. The zero-order valence-corrected chi connectivity index (χ0v) is 16.8. The third-order valence-corrected chi connectivity index (χ3v) is 5.96. The predicted molar refractivity (Wildman–Crippen MR) is 108 cm³/mol. The Morgan fingerprint density at radius 1 is 1.38 bits per heavy atom. The zero-order chi connectivity index (χ0) is 20.1. The number of aromatic amines is 1. The summed E-state index contributed by atoms with van der Waals surface area (Å²) in [6, 6.07) is 4.07. The molecule has 1 saturated carbocycles. The van der Waals surface area contributed by atoms with Gasteiger partial charge in [0.2, 0.25) is 0 Å². The Bertz CT molecular complexity index is 1280. The molecule has 0 radical (unpaired) electrons. The number of benzene rings is 1. The van der Waals surface area contributed by atoms with Gasteiger partial charge in [-0.1, -0.05) is 22.9 Å². The monoisotopic (exact) mass is 431 g/mol. The molecule has 148 valence electrons. The van der Waals surface area contributed by atoms with Gasteiger partial charge in [-0.05, 0) is 48.4 Å². The van der Waals surface area contributed by atoms with E-state index in [9.17, 15) is 9.18 Å². The first kappa shape index (κ1) is 18.2. The van der Waals surface area contributed by atoms with Gasteiger partial charge in [0.1, 0.15) is 10.8 Å². The standard InChI is InChI=1S/C18H15ClFN7OS/c1-8(12-5-10-4-11(19)6-13(20)15(10)23-17(12)28)22-18-21-7-14(29-18)27-16(9-2-3-9)24-25-26-27/h4-9H,2-3H2,1H3,(H,21,22)(H,23,28)/t8-/m0/s1. The Morgan fingerprint density at radius 2 is 2.21 bits per heavy atom. The van der Waals surface area contributed by atoms with Gasteiger partial charge in [0.05, 0.1) is 17.8 Å². The van der Waals surface area contributed by atoms with Crippen molar-refractivity contribution in [1.82, 2.24) is 30.2 Å². The van der Waals surface area contributed by atoms with E-state index in [-0.39, 0.29) is 22.1 Å². The summed E-state index contributed by atoms with van der Waals surface area (Å²) in [7, 11) is 0. The molecule has 0 unspecified atom stereocenters. The van der Waals surface area contributed by atoms with E-state index < -0.39 is 5.82 Å². The average Bonchev–Trinajstić information content (AvgIpc) is 3.22. The first-order valence-electron chi connectivity index (χ1n) is 9.02. The molecule has 1 fully saturated rings. The molecule has 1 aliphatic carbocycles. The molecule has 1 aliphatic rings.